The Hall–Kier alpha value is -2.10. The van der Waals surface area contributed by atoms with E-state index in [4.69, 9.17) is 24.9 Å². The highest BCUT2D eigenvalue weighted by Crippen LogP contribution is 2.44. The van der Waals surface area contributed by atoms with Crippen molar-refractivity contribution in [2.24, 2.45) is 0 Å². The molecule has 2 aliphatic rings. The molecule has 2 radical (unpaired) electrons. The highest BCUT2D eigenvalue weighted by molar-refractivity contribution is 7.92. The molecular weight excluding hydrogens is 438 g/mol. The third kappa shape index (κ3) is 4.31. The van der Waals surface area contributed by atoms with E-state index in [9.17, 15) is 12.8 Å². The second-order valence-electron chi connectivity index (χ2n) is 8.27. The number of rotatable bonds is 5. The molecule has 1 saturated carbocycles. The molecule has 1 saturated heterocycles. The first kappa shape index (κ1) is 22.1. The van der Waals surface area contributed by atoms with Crippen LogP contribution in [0.1, 0.15) is 30.9 Å². The SMILES string of the molecule is [B]C(C)(F)c1ccc(S(=O)(=O)Nc2cccc(Cl)c2C(=N)N2CCNCC23CC3)cc1. The molecule has 2 aromatic rings. The van der Waals surface area contributed by atoms with Crippen molar-refractivity contribution >= 4 is 41.0 Å². The van der Waals surface area contributed by atoms with Crippen molar-refractivity contribution in [1.82, 2.24) is 10.2 Å². The lowest BCUT2D eigenvalue weighted by atomic mass is 9.79. The summed E-state index contributed by atoms with van der Waals surface area (Å²) in [6, 6.07) is 10.1. The number of alkyl halides is 1. The Kier molecular flexibility index (Phi) is 5.56. The normalized spacial score (nSPS) is 19.6. The van der Waals surface area contributed by atoms with Gasteiger partial charge in [-0.05, 0) is 49.6 Å². The van der Waals surface area contributed by atoms with Crippen molar-refractivity contribution in [1.29, 1.82) is 5.41 Å². The van der Waals surface area contributed by atoms with Crippen LogP contribution in [0, 0.1) is 5.41 Å². The number of halogens is 2. The van der Waals surface area contributed by atoms with Gasteiger partial charge in [-0.15, -0.1) is 0 Å². The maximum absolute atomic E-state index is 13.9. The predicted molar refractivity (Wildman–Crippen MR) is 121 cm³/mol. The highest BCUT2D eigenvalue weighted by atomic mass is 35.5. The third-order valence-electron chi connectivity index (χ3n) is 5.86. The maximum atomic E-state index is 13.9. The molecule has 1 heterocycles. The van der Waals surface area contributed by atoms with E-state index in [1.54, 1.807) is 18.2 Å². The number of nitrogens with one attached hydrogen (secondary N) is 3. The largest absolute Gasteiger partial charge is 0.348 e. The van der Waals surface area contributed by atoms with E-state index in [2.05, 4.69) is 10.0 Å². The van der Waals surface area contributed by atoms with Crippen LogP contribution >= 0.6 is 11.6 Å². The van der Waals surface area contributed by atoms with Gasteiger partial charge in [0.2, 0.25) is 0 Å². The number of nitrogens with zero attached hydrogens (tertiary/aromatic N) is 1. The number of anilines is 1. The van der Waals surface area contributed by atoms with E-state index in [1.807, 2.05) is 4.90 Å². The zero-order valence-electron chi connectivity index (χ0n) is 17.1. The van der Waals surface area contributed by atoms with E-state index in [0.29, 0.717) is 17.1 Å². The van der Waals surface area contributed by atoms with Crippen LogP contribution in [-0.4, -0.2) is 52.2 Å². The first-order valence-electron chi connectivity index (χ1n) is 10.0. The standard InChI is InChI=1S/C21H23BClFN4O2S/c1-20(22,24)14-5-7-15(8-6-14)31(29,30)27-17-4-2-3-16(23)18(17)19(25)28-12-11-26-13-21(28)9-10-21/h2-8,25-27H,9-13H2,1H3. The van der Waals surface area contributed by atoms with Gasteiger partial charge in [0.25, 0.3) is 10.0 Å². The molecule has 0 amide bonds. The van der Waals surface area contributed by atoms with Crippen LogP contribution in [0.3, 0.4) is 0 Å². The van der Waals surface area contributed by atoms with Gasteiger partial charge in [-0.3, -0.25) is 14.5 Å². The van der Waals surface area contributed by atoms with Crippen LogP contribution in [-0.2, 0) is 15.6 Å². The Morgan fingerprint density at radius 2 is 1.97 bits per heavy atom. The second kappa shape index (κ2) is 7.80. The molecule has 1 unspecified atom stereocenters. The molecule has 4 rings (SSSR count). The number of hydrogen-bond acceptors (Lipinski definition) is 4. The van der Waals surface area contributed by atoms with Gasteiger partial charge in [-0.2, -0.15) is 0 Å². The summed E-state index contributed by atoms with van der Waals surface area (Å²) >= 11 is 6.43. The maximum Gasteiger partial charge on any atom is 0.261 e. The van der Waals surface area contributed by atoms with Crippen LogP contribution in [0.15, 0.2) is 47.4 Å². The van der Waals surface area contributed by atoms with Crippen LogP contribution in [0.2, 0.25) is 5.02 Å². The molecule has 1 spiro atoms. The lowest BCUT2D eigenvalue weighted by Crippen LogP contribution is -2.55. The average molecular weight is 461 g/mol. The van der Waals surface area contributed by atoms with Crippen molar-refractivity contribution in [2.45, 2.75) is 35.8 Å². The summed E-state index contributed by atoms with van der Waals surface area (Å²) < 4.78 is 42.4. The molecule has 6 nitrogen and oxygen atoms in total. The van der Waals surface area contributed by atoms with Gasteiger partial charge in [-0.1, -0.05) is 29.8 Å². The van der Waals surface area contributed by atoms with Crippen molar-refractivity contribution in [3.05, 3.63) is 58.6 Å². The number of benzene rings is 2. The first-order valence-corrected chi connectivity index (χ1v) is 11.9. The Labute approximate surface area is 188 Å². The monoisotopic (exact) mass is 460 g/mol. The molecule has 0 aromatic heterocycles. The molecule has 1 aliphatic heterocycles. The minimum absolute atomic E-state index is 0.0428. The van der Waals surface area contributed by atoms with Gasteiger partial charge in [0.15, 0.2) is 0 Å². The van der Waals surface area contributed by atoms with Crippen LogP contribution in [0.25, 0.3) is 0 Å². The molecule has 0 bridgehead atoms. The summed E-state index contributed by atoms with van der Waals surface area (Å²) in [6.45, 7) is 3.39. The lowest BCUT2D eigenvalue weighted by Gasteiger charge is -2.39. The second-order valence-corrected chi connectivity index (χ2v) is 10.4. The summed E-state index contributed by atoms with van der Waals surface area (Å²) in [5.41, 5.74) is -1.42. The van der Waals surface area contributed by atoms with Crippen molar-refractivity contribution in [3.63, 3.8) is 0 Å². The zero-order chi connectivity index (χ0) is 22.4. The number of sulfonamides is 1. The van der Waals surface area contributed by atoms with E-state index in [0.717, 1.165) is 25.9 Å². The molecule has 2 aromatic carbocycles. The van der Waals surface area contributed by atoms with Crippen molar-refractivity contribution in [3.8, 4) is 0 Å². The van der Waals surface area contributed by atoms with Crippen LogP contribution in [0.4, 0.5) is 10.1 Å². The summed E-state index contributed by atoms with van der Waals surface area (Å²) in [7, 11) is 1.44. The van der Waals surface area contributed by atoms with Gasteiger partial charge in [0, 0.05) is 19.6 Å². The average Bonchev–Trinajstić information content (AvgIpc) is 3.47. The zero-order valence-corrected chi connectivity index (χ0v) is 18.7. The smallest absolute Gasteiger partial charge is 0.261 e. The molecular formula is C21H23BClFN4O2S. The third-order valence-corrected chi connectivity index (χ3v) is 7.56. The Morgan fingerprint density at radius 3 is 2.58 bits per heavy atom. The molecule has 1 aliphatic carbocycles. The summed E-state index contributed by atoms with van der Waals surface area (Å²) in [4.78, 5) is 1.97. The number of piperazine rings is 1. The molecule has 10 heteroatoms. The van der Waals surface area contributed by atoms with E-state index in [1.165, 1.54) is 31.2 Å². The van der Waals surface area contributed by atoms with E-state index < -0.39 is 15.6 Å². The number of hydrogen-bond donors (Lipinski definition) is 3. The van der Waals surface area contributed by atoms with Gasteiger partial charge in [0.1, 0.15) is 13.7 Å². The fourth-order valence-electron chi connectivity index (χ4n) is 3.93. The molecule has 1 atom stereocenters. The van der Waals surface area contributed by atoms with Crippen LogP contribution in [0.5, 0.6) is 0 Å². The van der Waals surface area contributed by atoms with Gasteiger partial charge in [-0.25, -0.2) is 8.42 Å². The summed E-state index contributed by atoms with van der Waals surface area (Å²) in [6.07, 6.45) is 1.96. The minimum atomic E-state index is -3.99. The number of amidine groups is 1. The van der Waals surface area contributed by atoms with Crippen molar-refractivity contribution < 1.29 is 12.8 Å². The molecule has 31 heavy (non-hydrogen) atoms. The Morgan fingerprint density at radius 1 is 1.29 bits per heavy atom. The lowest BCUT2D eigenvalue weighted by molar-refractivity contribution is 0.237. The fraction of sp³-hybridized carbons (Fsp3) is 0.381. The predicted octanol–water partition coefficient (Wildman–Crippen LogP) is 3.21. The van der Waals surface area contributed by atoms with Gasteiger partial charge < -0.3 is 10.2 Å². The summed E-state index contributed by atoms with van der Waals surface area (Å²) in [5.74, 6) is 0.203. The summed E-state index contributed by atoms with van der Waals surface area (Å²) in [5, 5.41) is 12.5. The molecule has 162 valence electrons. The Bertz CT molecular complexity index is 1120. The first-order chi connectivity index (χ1) is 14.5. The highest BCUT2D eigenvalue weighted by Gasteiger charge is 2.50. The van der Waals surface area contributed by atoms with Crippen LogP contribution < -0.4 is 10.0 Å². The van der Waals surface area contributed by atoms with E-state index in [-0.39, 0.29) is 27.5 Å². The molecule has 2 fully saturated rings. The quantitative estimate of drug-likeness (QED) is 0.363. The van der Waals surface area contributed by atoms with Gasteiger partial charge >= 0.3 is 0 Å². The molecule has 3 N–H and O–H groups in total. The van der Waals surface area contributed by atoms with Gasteiger partial charge in [0.05, 0.1) is 32.3 Å². The minimum Gasteiger partial charge on any atom is -0.348 e. The topological polar surface area (TPSA) is 85.3 Å². The van der Waals surface area contributed by atoms with Crippen molar-refractivity contribution in [2.75, 3.05) is 24.4 Å². The Balaban J connectivity index is 1.65. The van der Waals surface area contributed by atoms with E-state index >= 15 is 0 Å². The fourth-order valence-corrected chi connectivity index (χ4v) is 5.27.